The van der Waals surface area contributed by atoms with Gasteiger partial charge in [0.1, 0.15) is 16.2 Å². The summed E-state index contributed by atoms with van der Waals surface area (Å²) in [4.78, 5) is 24.9. The Bertz CT molecular complexity index is 1070. The molecule has 2 atom stereocenters. The number of thiophene rings is 1. The molecule has 0 aromatic carbocycles. The highest BCUT2D eigenvalue weighted by atomic mass is 32.1. The Labute approximate surface area is 168 Å². The van der Waals surface area contributed by atoms with Crippen molar-refractivity contribution in [1.82, 2.24) is 25.1 Å². The molecule has 6 heterocycles. The Balaban J connectivity index is 1.45. The Morgan fingerprint density at radius 3 is 2.97 bits per heavy atom. The quantitative estimate of drug-likeness (QED) is 0.676. The SMILES string of the molecule is Cn1cc(NC(=O)c2csc3ncc(N4C[C@@H]5CC[C@@H]4CN5)nc23)c(C(F)F)n1. The second kappa shape index (κ2) is 6.99. The Morgan fingerprint density at radius 2 is 2.28 bits per heavy atom. The van der Waals surface area contributed by atoms with E-state index in [0.717, 1.165) is 31.7 Å². The molecule has 152 valence electrons. The van der Waals surface area contributed by atoms with Crippen molar-refractivity contribution in [1.29, 1.82) is 0 Å². The van der Waals surface area contributed by atoms with Crippen LogP contribution in [0.25, 0.3) is 10.3 Å². The van der Waals surface area contributed by atoms with Gasteiger partial charge in [-0.05, 0) is 12.8 Å². The van der Waals surface area contributed by atoms with E-state index in [1.165, 1.54) is 29.3 Å². The van der Waals surface area contributed by atoms with Crippen molar-refractivity contribution in [2.24, 2.45) is 7.05 Å². The number of rotatable bonds is 4. The molecule has 8 nitrogen and oxygen atoms in total. The van der Waals surface area contributed by atoms with Crippen molar-refractivity contribution in [3.05, 3.63) is 29.0 Å². The maximum absolute atomic E-state index is 13.2. The molecular formula is C18H19F2N7OS. The van der Waals surface area contributed by atoms with Gasteiger partial charge in [-0.2, -0.15) is 5.10 Å². The van der Waals surface area contributed by atoms with Crippen LogP contribution >= 0.6 is 11.3 Å². The predicted octanol–water partition coefficient (Wildman–Crippen LogP) is 2.56. The van der Waals surface area contributed by atoms with Crippen molar-refractivity contribution in [2.45, 2.75) is 31.4 Å². The van der Waals surface area contributed by atoms with Gasteiger partial charge in [-0.25, -0.2) is 18.7 Å². The van der Waals surface area contributed by atoms with Gasteiger partial charge < -0.3 is 15.5 Å². The fraction of sp³-hybridized carbons (Fsp3) is 0.444. The molecule has 3 fully saturated rings. The maximum Gasteiger partial charge on any atom is 0.284 e. The highest BCUT2D eigenvalue weighted by Gasteiger charge is 2.34. The number of carbonyl (C=O) groups is 1. The molecule has 3 aromatic heterocycles. The van der Waals surface area contributed by atoms with E-state index in [1.807, 2.05) is 0 Å². The largest absolute Gasteiger partial charge is 0.349 e. The van der Waals surface area contributed by atoms with Gasteiger partial charge in [0.25, 0.3) is 12.3 Å². The van der Waals surface area contributed by atoms with Crippen LogP contribution in [-0.2, 0) is 7.05 Å². The molecule has 3 saturated heterocycles. The standard InChI is InChI=1S/C18H19F2N7OS/c1-26-7-12(15(25-26)16(19)20)23-17(28)11-8-29-18-14(11)24-13(5-22-18)27-6-9-2-3-10(27)4-21-9/h5,7-10,16,21H,2-4,6H2,1H3,(H,23,28)/t9-,10+/m0/s1. The minimum absolute atomic E-state index is 0.00428. The number of nitrogens with zero attached hydrogens (tertiary/aromatic N) is 5. The smallest absolute Gasteiger partial charge is 0.284 e. The van der Waals surface area contributed by atoms with Crippen molar-refractivity contribution < 1.29 is 13.6 Å². The number of hydrogen-bond donors (Lipinski definition) is 2. The zero-order valence-corrected chi connectivity index (χ0v) is 16.4. The molecule has 2 bridgehead atoms. The average Bonchev–Trinajstić information content (AvgIpc) is 3.31. The molecule has 29 heavy (non-hydrogen) atoms. The first-order valence-electron chi connectivity index (χ1n) is 9.37. The highest BCUT2D eigenvalue weighted by Crippen LogP contribution is 2.31. The van der Waals surface area contributed by atoms with Crippen LogP contribution in [0.3, 0.4) is 0 Å². The molecule has 0 aliphatic carbocycles. The molecule has 3 aliphatic heterocycles. The van der Waals surface area contributed by atoms with Gasteiger partial charge in [-0.3, -0.25) is 9.48 Å². The van der Waals surface area contributed by atoms with Crippen molar-refractivity contribution in [2.75, 3.05) is 23.3 Å². The summed E-state index contributed by atoms with van der Waals surface area (Å²) in [5, 5.41) is 11.4. The van der Waals surface area contributed by atoms with E-state index in [1.54, 1.807) is 11.6 Å². The number of halogens is 2. The number of hydrogen-bond acceptors (Lipinski definition) is 7. The zero-order valence-electron chi connectivity index (χ0n) is 15.6. The van der Waals surface area contributed by atoms with Gasteiger partial charge in [-0.1, -0.05) is 0 Å². The van der Waals surface area contributed by atoms with Crippen LogP contribution in [0.4, 0.5) is 20.3 Å². The third-order valence-electron chi connectivity index (χ3n) is 5.47. The van der Waals surface area contributed by atoms with Gasteiger partial charge >= 0.3 is 0 Å². The fourth-order valence-corrected chi connectivity index (χ4v) is 4.87. The molecule has 0 unspecified atom stereocenters. The Kier molecular flexibility index (Phi) is 4.43. The van der Waals surface area contributed by atoms with Gasteiger partial charge in [0.15, 0.2) is 5.69 Å². The number of nitrogens with one attached hydrogen (secondary N) is 2. The van der Waals surface area contributed by atoms with E-state index < -0.39 is 18.0 Å². The number of alkyl halides is 2. The summed E-state index contributed by atoms with van der Waals surface area (Å²) in [7, 11) is 1.53. The Hall–Kier alpha value is -2.66. The summed E-state index contributed by atoms with van der Waals surface area (Å²) in [5.41, 5.74) is 0.352. The zero-order chi connectivity index (χ0) is 20.1. The molecule has 1 amide bonds. The lowest BCUT2D eigenvalue weighted by molar-refractivity contribution is 0.102. The Morgan fingerprint density at radius 1 is 1.41 bits per heavy atom. The van der Waals surface area contributed by atoms with Crippen LogP contribution in [0.15, 0.2) is 17.8 Å². The van der Waals surface area contributed by atoms with Crippen molar-refractivity contribution in [3.63, 3.8) is 0 Å². The van der Waals surface area contributed by atoms with Gasteiger partial charge in [0.2, 0.25) is 0 Å². The van der Waals surface area contributed by atoms with Crippen molar-refractivity contribution in [3.8, 4) is 0 Å². The maximum atomic E-state index is 13.2. The van der Waals surface area contributed by atoms with Crippen molar-refractivity contribution >= 4 is 39.1 Å². The number of piperidine rings is 2. The third kappa shape index (κ3) is 3.23. The second-order valence-corrected chi connectivity index (χ2v) is 8.23. The molecule has 6 rings (SSSR count). The summed E-state index contributed by atoms with van der Waals surface area (Å²) in [6, 6.07) is 0.813. The van der Waals surface area contributed by atoms with E-state index in [-0.39, 0.29) is 5.69 Å². The molecule has 0 saturated carbocycles. The molecule has 3 aliphatic rings. The van der Waals surface area contributed by atoms with Crippen LogP contribution in [0.2, 0.25) is 0 Å². The average molecular weight is 419 g/mol. The third-order valence-corrected chi connectivity index (χ3v) is 6.34. The number of carbonyl (C=O) groups excluding carboxylic acids is 1. The van der Waals surface area contributed by atoms with Gasteiger partial charge in [-0.15, -0.1) is 11.3 Å². The number of fused-ring (bicyclic) bond motifs is 4. The first-order chi connectivity index (χ1) is 14.0. The summed E-state index contributed by atoms with van der Waals surface area (Å²) < 4.78 is 27.6. The summed E-state index contributed by atoms with van der Waals surface area (Å²) in [6.07, 6.45) is 2.59. The number of piperazine rings is 1. The van der Waals surface area contributed by atoms with Crippen LogP contribution in [0, 0.1) is 0 Å². The lowest BCUT2D eigenvalue weighted by atomic mass is 9.93. The van der Waals surface area contributed by atoms with Gasteiger partial charge in [0.05, 0.1) is 17.4 Å². The lowest BCUT2D eigenvalue weighted by Crippen LogP contribution is -2.61. The first kappa shape index (κ1) is 18.4. The van der Waals surface area contributed by atoms with E-state index in [0.29, 0.717) is 28.0 Å². The van der Waals surface area contributed by atoms with Crippen LogP contribution in [0.1, 0.15) is 35.3 Å². The number of anilines is 2. The van der Waals surface area contributed by atoms with Gasteiger partial charge in [0, 0.05) is 43.8 Å². The fourth-order valence-electron chi connectivity index (χ4n) is 4.04. The predicted molar refractivity (Wildman–Crippen MR) is 106 cm³/mol. The number of aryl methyl sites for hydroxylation is 1. The number of aromatic nitrogens is 4. The summed E-state index contributed by atoms with van der Waals surface area (Å²) in [6.45, 7) is 1.78. The summed E-state index contributed by atoms with van der Waals surface area (Å²) >= 11 is 1.30. The molecule has 11 heteroatoms. The van der Waals surface area contributed by atoms with Crippen LogP contribution in [0.5, 0.6) is 0 Å². The highest BCUT2D eigenvalue weighted by molar-refractivity contribution is 7.17. The molecule has 0 spiro atoms. The van der Waals surface area contributed by atoms with Crippen LogP contribution in [-0.4, -0.2) is 50.8 Å². The topological polar surface area (TPSA) is 88.0 Å². The van der Waals surface area contributed by atoms with E-state index in [4.69, 9.17) is 4.98 Å². The molecular weight excluding hydrogens is 400 g/mol. The van der Waals surface area contributed by atoms with E-state index in [2.05, 4.69) is 25.6 Å². The van der Waals surface area contributed by atoms with Crippen LogP contribution < -0.4 is 15.5 Å². The normalized spacial score (nSPS) is 21.3. The van der Waals surface area contributed by atoms with E-state index in [9.17, 15) is 13.6 Å². The second-order valence-electron chi connectivity index (χ2n) is 7.38. The minimum Gasteiger partial charge on any atom is -0.349 e. The monoisotopic (exact) mass is 419 g/mol. The molecule has 3 aromatic rings. The lowest BCUT2D eigenvalue weighted by Gasteiger charge is -2.46. The first-order valence-corrected chi connectivity index (χ1v) is 10.2. The van der Waals surface area contributed by atoms with E-state index >= 15 is 0 Å². The molecule has 2 N–H and O–H groups in total. The minimum atomic E-state index is -2.78. The number of amides is 1. The summed E-state index contributed by atoms with van der Waals surface area (Å²) in [5.74, 6) is 0.246. The molecule has 0 radical (unpaired) electrons.